The predicted molar refractivity (Wildman–Crippen MR) is 120 cm³/mol. The summed E-state index contributed by atoms with van der Waals surface area (Å²) in [5.74, 6) is 0.286. The van der Waals surface area contributed by atoms with Crippen LogP contribution in [0.5, 0.6) is 0 Å². The van der Waals surface area contributed by atoms with Crippen LogP contribution in [0.15, 0.2) is 28.0 Å². The van der Waals surface area contributed by atoms with Gasteiger partial charge in [0.25, 0.3) is 0 Å². The van der Waals surface area contributed by atoms with Crippen LogP contribution in [0, 0.1) is 34.0 Å². The Morgan fingerprint density at radius 3 is 2.71 bits per heavy atom. The highest BCUT2D eigenvalue weighted by atomic mass is 16.6. The van der Waals surface area contributed by atoms with Crippen molar-refractivity contribution in [3.05, 3.63) is 22.8 Å². The van der Waals surface area contributed by atoms with Gasteiger partial charge in [-0.15, -0.1) is 0 Å². The van der Waals surface area contributed by atoms with Gasteiger partial charge in [-0.3, -0.25) is 4.79 Å². The SMILES string of the molecule is CC(C)(C)ON=C1C=C2CCC3C(=C2CC1)CC[C@@]1(C)C3CC[C@]1(CC#N)CC(=O)O. The van der Waals surface area contributed by atoms with Crippen LogP contribution in [-0.4, -0.2) is 22.4 Å². The molecule has 168 valence electrons. The molecule has 0 saturated heterocycles. The van der Waals surface area contributed by atoms with Crippen LogP contribution in [0.3, 0.4) is 0 Å². The topological polar surface area (TPSA) is 82.7 Å². The molecule has 0 aromatic carbocycles. The van der Waals surface area contributed by atoms with Crippen molar-refractivity contribution < 1.29 is 14.7 Å². The lowest BCUT2D eigenvalue weighted by Gasteiger charge is -2.53. The molecule has 0 aliphatic heterocycles. The molecule has 0 aromatic heterocycles. The number of aliphatic carboxylic acids is 1. The maximum atomic E-state index is 11.7. The smallest absolute Gasteiger partial charge is 0.303 e. The molecule has 31 heavy (non-hydrogen) atoms. The molecule has 2 fully saturated rings. The number of allylic oxidation sites excluding steroid dienone is 4. The summed E-state index contributed by atoms with van der Waals surface area (Å²) in [5, 5.41) is 23.6. The predicted octanol–water partition coefficient (Wildman–Crippen LogP) is 6.17. The minimum atomic E-state index is -0.758. The van der Waals surface area contributed by atoms with Crippen LogP contribution in [-0.2, 0) is 9.63 Å². The van der Waals surface area contributed by atoms with E-state index in [2.05, 4.69) is 24.2 Å². The van der Waals surface area contributed by atoms with Gasteiger partial charge in [0, 0.05) is 6.42 Å². The van der Waals surface area contributed by atoms with Crippen molar-refractivity contribution >= 4 is 11.7 Å². The molecule has 0 heterocycles. The second-order valence-corrected chi connectivity index (χ2v) is 11.4. The molecule has 0 radical (unpaired) electrons. The van der Waals surface area contributed by atoms with E-state index < -0.39 is 5.97 Å². The Labute approximate surface area is 186 Å². The zero-order chi connectivity index (χ0) is 22.4. The number of nitriles is 1. The van der Waals surface area contributed by atoms with Crippen LogP contribution in [0.4, 0.5) is 0 Å². The number of oxime groups is 1. The summed E-state index contributed by atoms with van der Waals surface area (Å²) >= 11 is 0. The fourth-order valence-corrected chi connectivity index (χ4v) is 7.12. The fraction of sp³-hybridized carbons (Fsp3) is 0.731. The molecule has 5 nitrogen and oxygen atoms in total. The zero-order valence-corrected chi connectivity index (χ0v) is 19.5. The zero-order valence-electron chi connectivity index (χ0n) is 19.5. The van der Waals surface area contributed by atoms with E-state index in [1.54, 1.807) is 11.1 Å². The molecule has 4 atom stereocenters. The molecule has 0 spiro atoms. The third-order valence-electron chi connectivity index (χ3n) is 8.63. The Morgan fingerprint density at radius 1 is 1.26 bits per heavy atom. The standard InChI is InChI=1S/C26H36N2O3/c1-24(2,3)31-28-18-6-8-19-17(15-18)5-7-21-20(19)9-11-25(4)22(21)10-12-26(25,13-14-27)16-23(29)30/h15,21-22H,5-13,16H2,1-4H3,(H,29,30)/t21?,22?,25-,26-/m0/s1. The van der Waals surface area contributed by atoms with Crippen molar-refractivity contribution in [1.82, 2.24) is 0 Å². The van der Waals surface area contributed by atoms with Crippen LogP contribution in [0.25, 0.3) is 0 Å². The molecule has 4 rings (SSSR count). The van der Waals surface area contributed by atoms with E-state index >= 15 is 0 Å². The van der Waals surface area contributed by atoms with E-state index in [-0.39, 0.29) is 22.9 Å². The summed E-state index contributed by atoms with van der Waals surface area (Å²) in [6.07, 6.45) is 10.9. The summed E-state index contributed by atoms with van der Waals surface area (Å²) in [7, 11) is 0. The van der Waals surface area contributed by atoms with Gasteiger partial charge >= 0.3 is 5.97 Å². The Hall–Kier alpha value is -2.09. The number of hydrogen-bond acceptors (Lipinski definition) is 4. The molecule has 4 aliphatic rings. The Morgan fingerprint density at radius 2 is 2.03 bits per heavy atom. The summed E-state index contributed by atoms with van der Waals surface area (Å²) in [4.78, 5) is 17.4. The Balaban J connectivity index is 1.62. The molecule has 2 unspecified atom stereocenters. The maximum Gasteiger partial charge on any atom is 0.303 e. The number of carboxylic acid groups (broad SMARTS) is 1. The van der Waals surface area contributed by atoms with Crippen molar-refractivity contribution in [1.29, 1.82) is 5.26 Å². The van der Waals surface area contributed by atoms with Gasteiger partial charge in [-0.2, -0.15) is 5.26 Å². The lowest BCUT2D eigenvalue weighted by Crippen LogP contribution is -2.46. The summed E-state index contributed by atoms with van der Waals surface area (Å²) in [6, 6.07) is 2.35. The lowest BCUT2D eigenvalue weighted by atomic mass is 9.51. The van der Waals surface area contributed by atoms with Crippen molar-refractivity contribution in [2.75, 3.05) is 0 Å². The Kier molecular flexibility index (Phi) is 5.56. The quantitative estimate of drug-likeness (QED) is 0.547. The van der Waals surface area contributed by atoms with Gasteiger partial charge in [0.1, 0.15) is 5.60 Å². The van der Waals surface area contributed by atoms with Gasteiger partial charge in [0.2, 0.25) is 0 Å². The molecule has 0 bridgehead atoms. The van der Waals surface area contributed by atoms with E-state index in [0.717, 1.165) is 57.1 Å². The molecular formula is C26H36N2O3. The number of carboxylic acids is 1. The van der Waals surface area contributed by atoms with Crippen LogP contribution >= 0.6 is 0 Å². The van der Waals surface area contributed by atoms with Crippen molar-refractivity contribution in [3.8, 4) is 6.07 Å². The van der Waals surface area contributed by atoms with Crippen molar-refractivity contribution in [2.45, 2.75) is 97.5 Å². The number of fused-ring (bicyclic) bond motifs is 4. The van der Waals surface area contributed by atoms with E-state index in [4.69, 9.17) is 4.84 Å². The first-order valence-electron chi connectivity index (χ1n) is 11.9. The van der Waals surface area contributed by atoms with Gasteiger partial charge in [-0.1, -0.05) is 17.7 Å². The summed E-state index contributed by atoms with van der Waals surface area (Å²) in [5.41, 5.74) is 4.94. The number of hydrogen-bond donors (Lipinski definition) is 1. The normalized spacial score (nSPS) is 36.2. The van der Waals surface area contributed by atoms with Gasteiger partial charge < -0.3 is 9.94 Å². The van der Waals surface area contributed by atoms with E-state index in [0.29, 0.717) is 18.3 Å². The average Bonchev–Trinajstić information content (AvgIpc) is 2.97. The van der Waals surface area contributed by atoms with E-state index in [1.165, 1.54) is 5.57 Å². The van der Waals surface area contributed by atoms with Crippen LogP contribution in [0.2, 0.25) is 0 Å². The van der Waals surface area contributed by atoms with Gasteiger partial charge in [-0.05, 0) is 112 Å². The first kappa shape index (κ1) is 22.1. The minimum Gasteiger partial charge on any atom is -0.481 e. The van der Waals surface area contributed by atoms with Crippen molar-refractivity contribution in [3.63, 3.8) is 0 Å². The summed E-state index contributed by atoms with van der Waals surface area (Å²) < 4.78 is 0. The van der Waals surface area contributed by atoms with Crippen LogP contribution < -0.4 is 0 Å². The largest absolute Gasteiger partial charge is 0.481 e. The first-order chi connectivity index (χ1) is 14.6. The van der Waals surface area contributed by atoms with E-state index in [1.807, 2.05) is 20.8 Å². The van der Waals surface area contributed by atoms with Crippen molar-refractivity contribution in [2.24, 2.45) is 27.8 Å². The molecular weight excluding hydrogens is 388 g/mol. The molecule has 0 aromatic rings. The Bertz CT molecular complexity index is 901. The van der Waals surface area contributed by atoms with E-state index in [9.17, 15) is 15.2 Å². The molecule has 2 saturated carbocycles. The average molecular weight is 425 g/mol. The molecule has 4 aliphatic carbocycles. The van der Waals surface area contributed by atoms with Gasteiger partial charge in [-0.25, -0.2) is 0 Å². The monoisotopic (exact) mass is 424 g/mol. The lowest BCUT2D eigenvalue weighted by molar-refractivity contribution is -0.143. The minimum absolute atomic E-state index is 0.0566. The third-order valence-corrected chi connectivity index (χ3v) is 8.63. The number of nitrogens with zero attached hydrogens (tertiary/aromatic N) is 2. The summed E-state index contributed by atoms with van der Waals surface area (Å²) in [6.45, 7) is 8.35. The van der Waals surface area contributed by atoms with Crippen LogP contribution in [0.1, 0.15) is 91.9 Å². The fourth-order valence-electron chi connectivity index (χ4n) is 7.12. The molecule has 1 N–H and O–H groups in total. The third kappa shape index (κ3) is 3.83. The number of carbonyl (C=O) groups is 1. The molecule has 5 heteroatoms. The first-order valence-corrected chi connectivity index (χ1v) is 11.9. The highest BCUT2D eigenvalue weighted by molar-refractivity contribution is 5.97. The highest BCUT2D eigenvalue weighted by Crippen LogP contribution is 2.68. The van der Waals surface area contributed by atoms with Gasteiger partial charge in [0.05, 0.1) is 18.2 Å². The molecule has 0 amide bonds. The maximum absolute atomic E-state index is 11.7. The second-order valence-electron chi connectivity index (χ2n) is 11.4. The highest BCUT2D eigenvalue weighted by Gasteiger charge is 2.61. The second kappa shape index (κ2) is 7.80. The number of rotatable bonds is 4. The van der Waals surface area contributed by atoms with Gasteiger partial charge in [0.15, 0.2) is 0 Å².